The van der Waals surface area contributed by atoms with E-state index in [0.29, 0.717) is 0 Å². The van der Waals surface area contributed by atoms with Gasteiger partial charge in [0.1, 0.15) is 22.9 Å². The fourth-order valence-corrected chi connectivity index (χ4v) is 2.86. The molecule has 2 rings (SSSR count). The molecule has 0 bridgehead atoms. The Labute approximate surface area is 153 Å². The van der Waals surface area contributed by atoms with E-state index in [1.54, 1.807) is 0 Å². The number of nitro benzene ring substituents is 1. The van der Waals surface area contributed by atoms with Crippen LogP contribution in [0.5, 0.6) is 0 Å². The molecule has 0 saturated heterocycles. The quantitative estimate of drug-likeness (QED) is 0.418. The van der Waals surface area contributed by atoms with Crippen molar-refractivity contribution in [1.29, 1.82) is 0 Å². The maximum atomic E-state index is 13.5. The highest BCUT2D eigenvalue weighted by molar-refractivity contribution is 7.90. The minimum atomic E-state index is -3.61. The molecule has 0 heterocycles. The summed E-state index contributed by atoms with van der Waals surface area (Å²) in [4.78, 5) is 22.0. The average molecular weight is 399 g/mol. The zero-order valence-electron chi connectivity index (χ0n) is 14.0. The van der Waals surface area contributed by atoms with Crippen molar-refractivity contribution in [3.63, 3.8) is 0 Å². The van der Waals surface area contributed by atoms with Crippen LogP contribution in [-0.2, 0) is 9.84 Å². The SMILES string of the molecule is CS(=O)(=O)c1ccc(NCCNC(=O)c2c(F)cccc2F)c([N+](=O)[O-])c1. The van der Waals surface area contributed by atoms with Crippen LogP contribution in [0.15, 0.2) is 41.3 Å². The molecule has 11 heteroatoms. The van der Waals surface area contributed by atoms with Crippen molar-refractivity contribution in [2.24, 2.45) is 0 Å². The molecule has 8 nitrogen and oxygen atoms in total. The number of carbonyl (C=O) groups excluding carboxylic acids is 1. The van der Waals surface area contributed by atoms with Crippen LogP contribution in [0.1, 0.15) is 10.4 Å². The summed E-state index contributed by atoms with van der Waals surface area (Å²) >= 11 is 0. The van der Waals surface area contributed by atoms with Crippen LogP contribution in [-0.4, -0.2) is 38.6 Å². The van der Waals surface area contributed by atoms with Crippen molar-refractivity contribution in [3.8, 4) is 0 Å². The average Bonchev–Trinajstić information content (AvgIpc) is 2.57. The number of hydrogen-bond donors (Lipinski definition) is 2. The van der Waals surface area contributed by atoms with E-state index < -0.39 is 43.6 Å². The molecule has 1 amide bonds. The van der Waals surface area contributed by atoms with Gasteiger partial charge in [-0.15, -0.1) is 0 Å². The Morgan fingerprint density at radius 1 is 1.15 bits per heavy atom. The molecule has 0 atom stereocenters. The second-order valence-corrected chi connectivity index (χ2v) is 7.50. The highest BCUT2D eigenvalue weighted by Gasteiger charge is 2.19. The molecule has 27 heavy (non-hydrogen) atoms. The summed E-state index contributed by atoms with van der Waals surface area (Å²) in [5, 5.41) is 16.1. The van der Waals surface area contributed by atoms with Crippen LogP contribution in [0.2, 0.25) is 0 Å². The Morgan fingerprint density at radius 2 is 1.78 bits per heavy atom. The van der Waals surface area contributed by atoms with Gasteiger partial charge in [-0.3, -0.25) is 14.9 Å². The highest BCUT2D eigenvalue weighted by atomic mass is 32.2. The number of nitrogens with zero attached hydrogens (tertiary/aromatic N) is 1. The molecular formula is C16H15F2N3O5S. The molecule has 0 unspecified atom stereocenters. The molecule has 0 aromatic heterocycles. The fraction of sp³-hybridized carbons (Fsp3) is 0.188. The minimum Gasteiger partial charge on any atom is -0.378 e. The Hall–Kier alpha value is -3.08. The van der Waals surface area contributed by atoms with E-state index >= 15 is 0 Å². The van der Waals surface area contributed by atoms with Gasteiger partial charge in [-0.25, -0.2) is 17.2 Å². The molecule has 2 aromatic rings. The van der Waals surface area contributed by atoms with E-state index in [0.717, 1.165) is 30.5 Å². The van der Waals surface area contributed by atoms with Crippen LogP contribution >= 0.6 is 0 Å². The van der Waals surface area contributed by atoms with Gasteiger partial charge in [-0.2, -0.15) is 0 Å². The van der Waals surface area contributed by atoms with Crippen LogP contribution < -0.4 is 10.6 Å². The summed E-state index contributed by atoms with van der Waals surface area (Å²) in [6.07, 6.45) is 0.927. The molecule has 0 radical (unpaired) electrons. The third-order valence-corrected chi connectivity index (χ3v) is 4.62. The first-order chi connectivity index (χ1) is 12.6. The second-order valence-electron chi connectivity index (χ2n) is 5.49. The summed E-state index contributed by atoms with van der Waals surface area (Å²) in [5.74, 6) is -2.98. The number of nitro groups is 1. The van der Waals surface area contributed by atoms with Crippen molar-refractivity contribution in [2.75, 3.05) is 24.7 Å². The van der Waals surface area contributed by atoms with Crippen molar-refractivity contribution < 1.29 is 26.9 Å². The van der Waals surface area contributed by atoms with Crippen LogP contribution in [0.25, 0.3) is 0 Å². The number of rotatable bonds is 7. The summed E-state index contributed by atoms with van der Waals surface area (Å²) in [5.41, 5.74) is -1.14. The van der Waals surface area contributed by atoms with E-state index in [4.69, 9.17) is 0 Å². The maximum Gasteiger partial charge on any atom is 0.293 e. The molecule has 0 spiro atoms. The molecule has 0 aliphatic heterocycles. The van der Waals surface area contributed by atoms with Gasteiger partial charge in [0.25, 0.3) is 11.6 Å². The lowest BCUT2D eigenvalue weighted by molar-refractivity contribution is -0.384. The molecule has 2 aromatic carbocycles. The van der Waals surface area contributed by atoms with Crippen molar-refractivity contribution in [2.45, 2.75) is 4.90 Å². The molecular weight excluding hydrogens is 384 g/mol. The van der Waals surface area contributed by atoms with Crippen LogP contribution in [0.4, 0.5) is 20.2 Å². The fourth-order valence-electron chi connectivity index (χ4n) is 2.22. The predicted molar refractivity (Wildman–Crippen MR) is 93.4 cm³/mol. The molecule has 0 saturated carbocycles. The first-order valence-electron chi connectivity index (χ1n) is 7.56. The van der Waals surface area contributed by atoms with Crippen molar-refractivity contribution in [1.82, 2.24) is 5.32 Å². The smallest absolute Gasteiger partial charge is 0.293 e. The lowest BCUT2D eigenvalue weighted by Gasteiger charge is -2.10. The monoisotopic (exact) mass is 399 g/mol. The molecule has 0 fully saturated rings. The Morgan fingerprint density at radius 3 is 2.33 bits per heavy atom. The summed E-state index contributed by atoms with van der Waals surface area (Å²) in [6, 6.07) is 6.38. The van der Waals surface area contributed by atoms with Gasteiger partial charge in [-0.05, 0) is 24.3 Å². The lowest BCUT2D eigenvalue weighted by atomic mass is 10.2. The largest absolute Gasteiger partial charge is 0.378 e. The van der Waals surface area contributed by atoms with E-state index in [-0.39, 0.29) is 23.7 Å². The van der Waals surface area contributed by atoms with Crippen molar-refractivity contribution in [3.05, 3.63) is 63.7 Å². The van der Waals surface area contributed by atoms with Gasteiger partial charge >= 0.3 is 0 Å². The van der Waals surface area contributed by atoms with Gasteiger partial charge in [-0.1, -0.05) is 6.07 Å². The normalized spacial score (nSPS) is 11.1. The number of nitrogens with one attached hydrogen (secondary N) is 2. The Bertz CT molecular complexity index is 975. The summed E-state index contributed by atoms with van der Waals surface area (Å²) < 4.78 is 50.0. The standard InChI is InChI=1S/C16H15F2N3O5S/c1-27(25,26)10-5-6-13(14(9-10)21(23)24)19-7-8-20-16(22)15-11(17)3-2-4-12(15)18/h2-6,9,19H,7-8H2,1H3,(H,20,22). The third-order valence-electron chi connectivity index (χ3n) is 3.51. The zero-order chi connectivity index (χ0) is 20.2. The number of benzene rings is 2. The molecule has 2 N–H and O–H groups in total. The van der Waals surface area contributed by atoms with E-state index in [9.17, 15) is 32.1 Å². The maximum absolute atomic E-state index is 13.5. The number of anilines is 1. The lowest BCUT2D eigenvalue weighted by Crippen LogP contribution is -2.30. The Kier molecular flexibility index (Phi) is 6.05. The Balaban J connectivity index is 2.03. The van der Waals surface area contributed by atoms with Gasteiger partial charge in [0.15, 0.2) is 9.84 Å². The molecule has 0 aliphatic rings. The number of carbonyl (C=O) groups is 1. The number of amides is 1. The predicted octanol–water partition coefficient (Wildman–Crippen LogP) is 2.12. The first kappa shape index (κ1) is 20.2. The van der Waals surface area contributed by atoms with E-state index in [1.165, 1.54) is 12.1 Å². The van der Waals surface area contributed by atoms with E-state index in [2.05, 4.69) is 10.6 Å². The van der Waals surface area contributed by atoms with Crippen LogP contribution in [0.3, 0.4) is 0 Å². The summed E-state index contributed by atoms with van der Waals surface area (Å²) in [6.45, 7) is -0.0849. The second kappa shape index (κ2) is 8.08. The van der Waals surface area contributed by atoms with Gasteiger partial charge in [0, 0.05) is 25.4 Å². The number of sulfone groups is 1. The summed E-state index contributed by atoms with van der Waals surface area (Å²) in [7, 11) is -3.61. The topological polar surface area (TPSA) is 118 Å². The van der Waals surface area contributed by atoms with E-state index in [1.807, 2.05) is 0 Å². The minimum absolute atomic E-state index is 0.000866. The van der Waals surface area contributed by atoms with Crippen LogP contribution in [0, 0.1) is 21.7 Å². The first-order valence-corrected chi connectivity index (χ1v) is 9.45. The molecule has 144 valence electrons. The third kappa shape index (κ3) is 4.97. The highest BCUT2D eigenvalue weighted by Crippen LogP contribution is 2.27. The van der Waals surface area contributed by atoms with Gasteiger partial charge in [0.2, 0.25) is 0 Å². The number of hydrogen-bond acceptors (Lipinski definition) is 6. The van der Waals surface area contributed by atoms with Crippen molar-refractivity contribution >= 4 is 27.1 Å². The molecule has 0 aliphatic carbocycles. The zero-order valence-corrected chi connectivity index (χ0v) is 14.8. The van der Waals surface area contributed by atoms with Gasteiger partial charge < -0.3 is 10.6 Å². The van der Waals surface area contributed by atoms with Gasteiger partial charge in [0.05, 0.1) is 9.82 Å². The number of halogens is 2.